The number of benzene rings is 1. The van der Waals surface area contributed by atoms with Gasteiger partial charge in [-0.05, 0) is 69.1 Å². The predicted molar refractivity (Wildman–Crippen MR) is 111 cm³/mol. The van der Waals surface area contributed by atoms with E-state index in [2.05, 4.69) is 53.2 Å². The highest BCUT2D eigenvalue weighted by molar-refractivity contribution is 5.79. The molecule has 1 N–H and O–H groups in total. The van der Waals surface area contributed by atoms with Crippen LogP contribution in [0.5, 0.6) is 0 Å². The van der Waals surface area contributed by atoms with Crippen molar-refractivity contribution in [2.75, 3.05) is 37.6 Å². The Morgan fingerprint density at radius 1 is 1.19 bits per heavy atom. The molecule has 4 nitrogen and oxygen atoms in total. The Labute approximate surface area is 164 Å². The lowest BCUT2D eigenvalue weighted by atomic mass is 9.88. The average Bonchev–Trinajstić information content (AvgIpc) is 3.30. The van der Waals surface area contributed by atoms with E-state index in [9.17, 15) is 4.79 Å². The fraction of sp³-hybridized carbons (Fsp3) is 0.696. The molecule has 1 aromatic rings. The summed E-state index contributed by atoms with van der Waals surface area (Å²) in [7, 11) is 0. The topological polar surface area (TPSA) is 35.6 Å². The van der Waals surface area contributed by atoms with Crippen molar-refractivity contribution in [3.8, 4) is 0 Å². The number of piperazine rings is 1. The lowest BCUT2D eigenvalue weighted by Crippen LogP contribution is -2.48. The van der Waals surface area contributed by atoms with Crippen molar-refractivity contribution in [1.29, 1.82) is 0 Å². The first-order chi connectivity index (χ1) is 13.1. The maximum Gasteiger partial charge on any atom is 0.223 e. The number of anilines is 1. The SMILES string of the molecule is Cc1cccc(N2CCN(CC[C@@H](C)NC(=O)[C@H]3C[C@H]4CC[C@H]3C4)CC2)c1. The van der Waals surface area contributed by atoms with Gasteiger partial charge in [0.15, 0.2) is 0 Å². The van der Waals surface area contributed by atoms with Gasteiger partial charge in [0.1, 0.15) is 0 Å². The van der Waals surface area contributed by atoms with Crippen LogP contribution in [-0.4, -0.2) is 49.6 Å². The fourth-order valence-electron chi connectivity index (χ4n) is 5.42. The third-order valence-electron chi connectivity index (χ3n) is 7.08. The number of hydrogen-bond donors (Lipinski definition) is 1. The normalized spacial score (nSPS) is 29.1. The summed E-state index contributed by atoms with van der Waals surface area (Å²) in [5, 5.41) is 3.31. The zero-order valence-corrected chi connectivity index (χ0v) is 17.0. The van der Waals surface area contributed by atoms with Crippen LogP contribution in [0.1, 0.15) is 44.6 Å². The van der Waals surface area contributed by atoms with E-state index in [1.807, 2.05) is 0 Å². The Morgan fingerprint density at radius 2 is 2.00 bits per heavy atom. The minimum Gasteiger partial charge on any atom is -0.369 e. The highest BCUT2D eigenvalue weighted by Crippen LogP contribution is 2.48. The Hall–Kier alpha value is -1.55. The number of amides is 1. The maximum absolute atomic E-state index is 12.6. The van der Waals surface area contributed by atoms with Crippen molar-refractivity contribution >= 4 is 11.6 Å². The number of rotatable bonds is 6. The van der Waals surface area contributed by atoms with Gasteiger partial charge in [0.2, 0.25) is 5.91 Å². The second-order valence-corrected chi connectivity index (χ2v) is 9.15. The summed E-state index contributed by atoms with van der Waals surface area (Å²) in [5.41, 5.74) is 2.68. The van der Waals surface area contributed by atoms with Crippen LogP contribution < -0.4 is 10.2 Å². The monoisotopic (exact) mass is 369 g/mol. The molecule has 4 atom stereocenters. The maximum atomic E-state index is 12.6. The molecule has 3 fully saturated rings. The van der Waals surface area contributed by atoms with Gasteiger partial charge in [-0.1, -0.05) is 18.6 Å². The zero-order valence-electron chi connectivity index (χ0n) is 17.0. The number of nitrogens with zero attached hydrogens (tertiary/aromatic N) is 2. The molecule has 1 amide bonds. The van der Waals surface area contributed by atoms with Crippen molar-refractivity contribution in [2.45, 2.75) is 52.0 Å². The summed E-state index contributed by atoms with van der Waals surface area (Å²) in [4.78, 5) is 17.6. The first-order valence-electron chi connectivity index (χ1n) is 10.9. The Bertz CT molecular complexity index is 653. The van der Waals surface area contributed by atoms with E-state index in [-0.39, 0.29) is 6.04 Å². The Balaban J connectivity index is 1.17. The zero-order chi connectivity index (χ0) is 18.8. The Kier molecular flexibility index (Phi) is 5.72. The summed E-state index contributed by atoms with van der Waals surface area (Å²) in [5.74, 6) is 2.16. The summed E-state index contributed by atoms with van der Waals surface area (Å²) in [6.45, 7) is 9.83. The lowest BCUT2D eigenvalue weighted by molar-refractivity contribution is -0.127. The van der Waals surface area contributed by atoms with E-state index in [1.165, 1.54) is 30.5 Å². The molecule has 2 bridgehead atoms. The second-order valence-electron chi connectivity index (χ2n) is 9.15. The van der Waals surface area contributed by atoms with E-state index in [1.54, 1.807) is 0 Å². The Morgan fingerprint density at radius 3 is 2.67 bits per heavy atom. The minimum atomic E-state index is 0.284. The van der Waals surface area contributed by atoms with E-state index in [0.717, 1.165) is 51.5 Å². The first kappa shape index (κ1) is 18.8. The molecule has 4 rings (SSSR count). The molecule has 1 heterocycles. The summed E-state index contributed by atoms with van der Waals surface area (Å²) in [6, 6.07) is 9.09. The minimum absolute atomic E-state index is 0.284. The third kappa shape index (κ3) is 4.48. The largest absolute Gasteiger partial charge is 0.369 e. The summed E-state index contributed by atoms with van der Waals surface area (Å²) >= 11 is 0. The van der Waals surface area contributed by atoms with Crippen molar-refractivity contribution in [3.63, 3.8) is 0 Å². The number of carbonyl (C=O) groups excluding carboxylic acids is 1. The molecule has 27 heavy (non-hydrogen) atoms. The average molecular weight is 370 g/mol. The van der Waals surface area contributed by atoms with Crippen molar-refractivity contribution in [3.05, 3.63) is 29.8 Å². The van der Waals surface area contributed by atoms with E-state index < -0.39 is 0 Å². The van der Waals surface area contributed by atoms with Crippen LogP contribution in [0.25, 0.3) is 0 Å². The quantitative estimate of drug-likeness (QED) is 0.834. The van der Waals surface area contributed by atoms with Gasteiger partial charge in [-0.25, -0.2) is 0 Å². The molecule has 1 aromatic carbocycles. The molecule has 1 saturated heterocycles. The fourth-order valence-corrected chi connectivity index (χ4v) is 5.42. The van der Waals surface area contributed by atoms with Crippen LogP contribution in [0.2, 0.25) is 0 Å². The molecule has 0 radical (unpaired) electrons. The van der Waals surface area contributed by atoms with Crippen LogP contribution in [0.4, 0.5) is 5.69 Å². The summed E-state index contributed by atoms with van der Waals surface area (Å²) in [6.07, 6.45) is 6.14. The van der Waals surface area contributed by atoms with Crippen molar-refractivity contribution < 1.29 is 4.79 Å². The van der Waals surface area contributed by atoms with Crippen LogP contribution >= 0.6 is 0 Å². The van der Waals surface area contributed by atoms with Gasteiger partial charge < -0.3 is 10.2 Å². The number of fused-ring (bicyclic) bond motifs is 2. The third-order valence-corrected chi connectivity index (χ3v) is 7.08. The number of carbonyl (C=O) groups is 1. The first-order valence-corrected chi connectivity index (χ1v) is 10.9. The number of nitrogens with one attached hydrogen (secondary N) is 1. The van der Waals surface area contributed by atoms with Crippen molar-refractivity contribution in [1.82, 2.24) is 10.2 Å². The van der Waals surface area contributed by atoms with Gasteiger partial charge >= 0.3 is 0 Å². The molecule has 0 aromatic heterocycles. The highest BCUT2D eigenvalue weighted by atomic mass is 16.2. The number of aryl methyl sites for hydroxylation is 1. The van der Waals surface area contributed by atoms with Gasteiger partial charge in [0.05, 0.1) is 0 Å². The molecule has 2 saturated carbocycles. The molecule has 1 aliphatic heterocycles. The van der Waals surface area contributed by atoms with Gasteiger partial charge in [0.25, 0.3) is 0 Å². The van der Waals surface area contributed by atoms with Crippen LogP contribution in [0, 0.1) is 24.7 Å². The van der Waals surface area contributed by atoms with Gasteiger partial charge in [-0.2, -0.15) is 0 Å². The highest BCUT2D eigenvalue weighted by Gasteiger charge is 2.43. The smallest absolute Gasteiger partial charge is 0.223 e. The molecule has 0 unspecified atom stereocenters. The predicted octanol–water partition coefficient (Wildman–Crippen LogP) is 3.45. The molecule has 0 spiro atoms. The number of hydrogen-bond acceptors (Lipinski definition) is 3. The van der Waals surface area contributed by atoms with Gasteiger partial charge in [-0.15, -0.1) is 0 Å². The molecule has 148 valence electrons. The lowest BCUT2D eigenvalue weighted by Gasteiger charge is -2.36. The molecular weight excluding hydrogens is 334 g/mol. The van der Waals surface area contributed by atoms with E-state index in [0.29, 0.717) is 17.7 Å². The summed E-state index contributed by atoms with van der Waals surface area (Å²) < 4.78 is 0. The standard InChI is InChI=1S/C23H35N3O/c1-17-4-3-5-21(14-17)26-12-10-25(11-13-26)9-8-18(2)24-23(27)22-16-19-6-7-20(22)15-19/h3-5,14,18-20,22H,6-13,15-16H2,1-2H3,(H,24,27)/t18-,19+,20+,22+/m1/s1. The molecule has 2 aliphatic carbocycles. The second kappa shape index (κ2) is 8.22. The molecule has 3 aliphatic rings. The van der Waals surface area contributed by atoms with Crippen LogP contribution in [-0.2, 0) is 4.79 Å². The van der Waals surface area contributed by atoms with E-state index >= 15 is 0 Å². The van der Waals surface area contributed by atoms with Gasteiger partial charge in [-0.3, -0.25) is 9.69 Å². The van der Waals surface area contributed by atoms with Crippen LogP contribution in [0.3, 0.4) is 0 Å². The van der Waals surface area contributed by atoms with Gasteiger partial charge in [0, 0.05) is 50.4 Å². The van der Waals surface area contributed by atoms with E-state index in [4.69, 9.17) is 0 Å². The molecule has 4 heteroatoms. The van der Waals surface area contributed by atoms with Crippen molar-refractivity contribution in [2.24, 2.45) is 17.8 Å². The molecular formula is C23H35N3O. The van der Waals surface area contributed by atoms with Crippen LogP contribution in [0.15, 0.2) is 24.3 Å².